The number of aryl methyl sites for hydroxylation is 1. The Labute approximate surface area is 165 Å². The molecule has 4 rings (SSSR count). The molecule has 4 aromatic rings. The standard InChI is InChI=1S/C22H17NO6/c1-12-8-4-7-11-15(12)23-17-13-9-5-6-10-14(13)20(24)29-19(17)16(21(25)27-2)18(23)22(26)28-3/h4-11H,1-3H3. The van der Waals surface area contributed by atoms with Gasteiger partial charge >= 0.3 is 17.6 Å². The minimum absolute atomic E-state index is 0.0239. The Kier molecular flexibility index (Phi) is 4.43. The molecule has 0 aliphatic rings. The van der Waals surface area contributed by atoms with Gasteiger partial charge in [0.1, 0.15) is 5.56 Å². The van der Waals surface area contributed by atoms with Crippen LogP contribution in [0.15, 0.2) is 57.7 Å². The van der Waals surface area contributed by atoms with E-state index in [2.05, 4.69) is 0 Å². The van der Waals surface area contributed by atoms with E-state index >= 15 is 0 Å². The van der Waals surface area contributed by atoms with Crippen LogP contribution in [0.25, 0.3) is 27.6 Å². The quantitative estimate of drug-likeness (QED) is 0.496. The van der Waals surface area contributed by atoms with E-state index in [4.69, 9.17) is 13.9 Å². The van der Waals surface area contributed by atoms with Crippen molar-refractivity contribution in [3.63, 3.8) is 0 Å². The molecule has 29 heavy (non-hydrogen) atoms. The van der Waals surface area contributed by atoms with Gasteiger partial charge < -0.3 is 13.9 Å². The summed E-state index contributed by atoms with van der Waals surface area (Å²) in [6.45, 7) is 1.88. The highest BCUT2D eigenvalue weighted by Crippen LogP contribution is 2.35. The van der Waals surface area contributed by atoms with Crippen molar-refractivity contribution in [1.29, 1.82) is 0 Å². The number of carbonyl (C=O) groups excluding carboxylic acids is 2. The van der Waals surface area contributed by atoms with Gasteiger partial charge in [0, 0.05) is 11.1 Å². The molecule has 0 radical (unpaired) electrons. The number of rotatable bonds is 3. The molecule has 0 spiro atoms. The fourth-order valence-corrected chi connectivity index (χ4v) is 3.55. The van der Waals surface area contributed by atoms with Crippen LogP contribution in [0.5, 0.6) is 0 Å². The number of para-hydroxylation sites is 1. The molecule has 0 saturated carbocycles. The van der Waals surface area contributed by atoms with E-state index in [0.29, 0.717) is 22.0 Å². The molecule has 7 heteroatoms. The number of hydrogen-bond acceptors (Lipinski definition) is 6. The summed E-state index contributed by atoms with van der Waals surface area (Å²) in [5, 5.41) is 0.877. The lowest BCUT2D eigenvalue weighted by Crippen LogP contribution is -2.15. The van der Waals surface area contributed by atoms with Gasteiger partial charge in [-0.25, -0.2) is 14.4 Å². The van der Waals surface area contributed by atoms with Crippen LogP contribution < -0.4 is 5.63 Å². The zero-order valence-corrected chi connectivity index (χ0v) is 16.0. The molecule has 0 bridgehead atoms. The van der Waals surface area contributed by atoms with Crippen molar-refractivity contribution in [1.82, 2.24) is 4.57 Å². The fraction of sp³-hybridized carbons (Fsp3) is 0.136. The van der Waals surface area contributed by atoms with Crippen LogP contribution in [0.1, 0.15) is 26.4 Å². The number of fused-ring (bicyclic) bond motifs is 3. The molecule has 2 aromatic heterocycles. The summed E-state index contributed by atoms with van der Waals surface area (Å²) in [4.78, 5) is 38.0. The van der Waals surface area contributed by atoms with Gasteiger partial charge in [-0.05, 0) is 24.6 Å². The van der Waals surface area contributed by atoms with Crippen LogP contribution in [0, 0.1) is 6.92 Å². The van der Waals surface area contributed by atoms with Crippen molar-refractivity contribution in [2.24, 2.45) is 0 Å². The van der Waals surface area contributed by atoms with E-state index in [0.717, 1.165) is 5.56 Å². The van der Waals surface area contributed by atoms with Crippen LogP contribution in [-0.4, -0.2) is 30.7 Å². The third-order valence-electron chi connectivity index (χ3n) is 4.85. The Hall–Kier alpha value is -3.87. The number of benzene rings is 2. The zero-order valence-electron chi connectivity index (χ0n) is 16.0. The third kappa shape index (κ3) is 2.70. The highest BCUT2D eigenvalue weighted by atomic mass is 16.5. The number of carbonyl (C=O) groups is 2. The van der Waals surface area contributed by atoms with Crippen LogP contribution in [-0.2, 0) is 9.47 Å². The number of aromatic nitrogens is 1. The second kappa shape index (κ2) is 6.94. The normalized spacial score (nSPS) is 11.0. The van der Waals surface area contributed by atoms with Gasteiger partial charge in [-0.2, -0.15) is 0 Å². The molecule has 0 aliphatic heterocycles. The first-order valence-corrected chi connectivity index (χ1v) is 8.82. The molecule has 0 unspecified atom stereocenters. The SMILES string of the molecule is COC(=O)c1c(C(=O)OC)n(-c2ccccc2C)c2c1oc(=O)c1ccccc12. The van der Waals surface area contributed by atoms with Gasteiger partial charge in [0.15, 0.2) is 11.3 Å². The van der Waals surface area contributed by atoms with Gasteiger partial charge in [-0.3, -0.25) is 4.57 Å². The predicted molar refractivity (Wildman–Crippen MR) is 107 cm³/mol. The van der Waals surface area contributed by atoms with Crippen molar-refractivity contribution in [2.45, 2.75) is 6.92 Å². The van der Waals surface area contributed by atoms with Crippen LogP contribution >= 0.6 is 0 Å². The molecule has 0 N–H and O–H groups in total. The largest absolute Gasteiger partial charge is 0.465 e. The second-order valence-corrected chi connectivity index (χ2v) is 6.44. The lowest BCUT2D eigenvalue weighted by molar-refractivity contribution is 0.0550. The molecule has 0 fully saturated rings. The summed E-state index contributed by atoms with van der Waals surface area (Å²) in [6.07, 6.45) is 0. The molecule has 2 heterocycles. The minimum Gasteiger partial charge on any atom is -0.465 e. The molecule has 7 nitrogen and oxygen atoms in total. The van der Waals surface area contributed by atoms with Crippen molar-refractivity contribution >= 4 is 33.8 Å². The average molecular weight is 391 g/mol. The Morgan fingerprint density at radius 3 is 2.17 bits per heavy atom. The number of nitrogens with zero attached hydrogens (tertiary/aromatic N) is 1. The summed E-state index contributed by atoms with van der Waals surface area (Å²) in [5.41, 5.74) is 1.05. The number of ether oxygens (including phenoxy) is 2. The molecule has 0 aliphatic carbocycles. The Bertz CT molecular complexity index is 1340. The highest BCUT2D eigenvalue weighted by Gasteiger charge is 2.33. The van der Waals surface area contributed by atoms with E-state index in [1.165, 1.54) is 14.2 Å². The van der Waals surface area contributed by atoms with E-state index in [1.807, 2.05) is 31.2 Å². The Balaban J connectivity index is 2.35. The molecule has 0 saturated heterocycles. The first-order valence-electron chi connectivity index (χ1n) is 8.82. The van der Waals surface area contributed by atoms with Crippen LogP contribution in [0.2, 0.25) is 0 Å². The predicted octanol–water partition coefficient (Wildman–Crippen LogP) is 3.62. The molecule has 2 aromatic carbocycles. The lowest BCUT2D eigenvalue weighted by Gasteiger charge is -2.13. The Morgan fingerprint density at radius 1 is 0.897 bits per heavy atom. The zero-order chi connectivity index (χ0) is 20.7. The topological polar surface area (TPSA) is 87.7 Å². The monoisotopic (exact) mass is 391 g/mol. The van der Waals surface area contributed by atoms with Crippen LogP contribution in [0.3, 0.4) is 0 Å². The maximum Gasteiger partial charge on any atom is 0.356 e. The molecule has 146 valence electrons. The van der Waals surface area contributed by atoms with Crippen molar-refractivity contribution < 1.29 is 23.5 Å². The van der Waals surface area contributed by atoms with E-state index in [-0.39, 0.29) is 16.8 Å². The fourth-order valence-electron chi connectivity index (χ4n) is 3.55. The first kappa shape index (κ1) is 18.5. The van der Waals surface area contributed by atoms with E-state index in [1.54, 1.807) is 28.8 Å². The van der Waals surface area contributed by atoms with Crippen molar-refractivity contribution in [3.05, 3.63) is 75.8 Å². The van der Waals surface area contributed by atoms with Gasteiger partial charge in [0.05, 0.1) is 25.1 Å². The number of hydrogen-bond donors (Lipinski definition) is 0. The smallest absolute Gasteiger partial charge is 0.356 e. The van der Waals surface area contributed by atoms with Gasteiger partial charge in [-0.15, -0.1) is 0 Å². The van der Waals surface area contributed by atoms with Crippen molar-refractivity contribution in [3.8, 4) is 5.69 Å². The van der Waals surface area contributed by atoms with Crippen LogP contribution in [0.4, 0.5) is 0 Å². The summed E-state index contributed by atoms with van der Waals surface area (Å²) in [7, 11) is 2.41. The summed E-state index contributed by atoms with van der Waals surface area (Å²) < 4.78 is 17.0. The van der Waals surface area contributed by atoms with Gasteiger partial charge in [0.2, 0.25) is 0 Å². The number of methoxy groups -OCH3 is 2. The maximum absolute atomic E-state index is 12.8. The number of esters is 2. The lowest BCUT2D eigenvalue weighted by atomic mass is 10.1. The molecule has 0 atom stereocenters. The first-order chi connectivity index (χ1) is 14.0. The third-order valence-corrected chi connectivity index (χ3v) is 4.85. The minimum atomic E-state index is -0.804. The maximum atomic E-state index is 12.8. The van der Waals surface area contributed by atoms with E-state index in [9.17, 15) is 14.4 Å². The average Bonchev–Trinajstić information content (AvgIpc) is 3.08. The second-order valence-electron chi connectivity index (χ2n) is 6.44. The molecular weight excluding hydrogens is 374 g/mol. The van der Waals surface area contributed by atoms with Crippen molar-refractivity contribution in [2.75, 3.05) is 14.2 Å². The van der Waals surface area contributed by atoms with Gasteiger partial charge in [-0.1, -0.05) is 36.4 Å². The van der Waals surface area contributed by atoms with E-state index < -0.39 is 17.6 Å². The highest BCUT2D eigenvalue weighted by molar-refractivity contribution is 6.17. The summed E-state index contributed by atoms with van der Waals surface area (Å²) >= 11 is 0. The molecular formula is C22H17NO6. The summed E-state index contributed by atoms with van der Waals surface area (Å²) in [5.74, 6) is -1.56. The summed E-state index contributed by atoms with van der Waals surface area (Å²) in [6, 6.07) is 14.2. The van der Waals surface area contributed by atoms with Gasteiger partial charge in [0.25, 0.3) is 0 Å². The Morgan fingerprint density at radius 2 is 1.52 bits per heavy atom. The molecule has 0 amide bonds.